The van der Waals surface area contributed by atoms with E-state index in [-0.39, 0.29) is 34.1 Å². The highest BCUT2D eigenvalue weighted by Crippen LogP contribution is 2.50. The number of thioether (sulfide) groups is 1. The Balaban J connectivity index is 1.99. The molecule has 196 valence electrons. The summed E-state index contributed by atoms with van der Waals surface area (Å²) in [6.07, 6.45) is 2.82. The summed E-state index contributed by atoms with van der Waals surface area (Å²) in [6, 6.07) is 13.6. The van der Waals surface area contributed by atoms with Crippen LogP contribution in [0, 0.1) is 5.41 Å². The van der Waals surface area contributed by atoms with E-state index >= 15 is 0 Å². The highest BCUT2D eigenvalue weighted by molar-refractivity contribution is 7.98. The van der Waals surface area contributed by atoms with E-state index in [0.29, 0.717) is 29.8 Å². The van der Waals surface area contributed by atoms with Crippen molar-refractivity contribution in [2.75, 3.05) is 17.8 Å². The minimum absolute atomic E-state index is 0.0533. The molecule has 0 saturated heterocycles. The van der Waals surface area contributed by atoms with Gasteiger partial charge in [0.2, 0.25) is 10.0 Å². The number of anilines is 1. The molecule has 0 bridgehead atoms. The van der Waals surface area contributed by atoms with E-state index in [4.69, 9.17) is 15.6 Å². The summed E-state index contributed by atoms with van der Waals surface area (Å²) in [7, 11) is -3.90. The molecule has 1 atom stereocenters. The Kier molecular flexibility index (Phi) is 7.29. The number of ketones is 1. The Hall–Kier alpha value is -3.08. The van der Waals surface area contributed by atoms with E-state index in [1.165, 1.54) is 12.1 Å². The summed E-state index contributed by atoms with van der Waals surface area (Å²) in [6.45, 7) is 5.88. The standard InChI is InChI=1S/C27H31N3O5S2/c1-5-35-26(32)24-22(16-6-10-18(36-4)11-7-16)23-20(14-27(2,3)15-21(23)31)30(25(24)28)17-8-12-19(13-9-17)37(29,33)34/h6-13,22H,5,14-15,28H2,1-4H3,(H2,29,33,34)/t22-/m1/s1. The summed E-state index contributed by atoms with van der Waals surface area (Å²) in [5.74, 6) is -1.21. The van der Waals surface area contributed by atoms with Crippen molar-refractivity contribution in [1.82, 2.24) is 0 Å². The van der Waals surface area contributed by atoms with Gasteiger partial charge in [-0.25, -0.2) is 18.4 Å². The molecule has 1 heterocycles. The molecular weight excluding hydrogens is 510 g/mol. The first-order chi connectivity index (χ1) is 17.4. The monoisotopic (exact) mass is 541 g/mol. The number of nitrogens with two attached hydrogens (primary N) is 2. The van der Waals surface area contributed by atoms with Gasteiger partial charge in [-0.15, -0.1) is 11.8 Å². The summed E-state index contributed by atoms with van der Waals surface area (Å²) in [5, 5.41) is 5.28. The lowest BCUT2D eigenvalue weighted by atomic mass is 9.68. The number of esters is 1. The minimum Gasteiger partial charge on any atom is -0.463 e. The molecule has 0 unspecified atom stereocenters. The van der Waals surface area contributed by atoms with E-state index < -0.39 is 21.9 Å². The molecule has 0 spiro atoms. The molecule has 0 amide bonds. The zero-order valence-corrected chi connectivity index (χ0v) is 22.9. The Morgan fingerprint density at radius 3 is 2.27 bits per heavy atom. The van der Waals surface area contributed by atoms with Gasteiger partial charge in [0.25, 0.3) is 0 Å². The summed E-state index contributed by atoms with van der Waals surface area (Å²) in [4.78, 5) is 29.8. The van der Waals surface area contributed by atoms with Crippen LogP contribution in [0.3, 0.4) is 0 Å². The molecule has 1 aliphatic heterocycles. The number of ether oxygens (including phenoxy) is 1. The van der Waals surface area contributed by atoms with Crippen LogP contribution < -0.4 is 15.8 Å². The van der Waals surface area contributed by atoms with Crippen molar-refractivity contribution >= 4 is 39.2 Å². The first-order valence-corrected chi connectivity index (χ1v) is 14.6. The van der Waals surface area contributed by atoms with Crippen molar-refractivity contribution in [3.05, 3.63) is 76.8 Å². The second kappa shape index (κ2) is 10.00. The second-order valence-electron chi connectivity index (χ2n) is 9.90. The number of benzene rings is 2. The summed E-state index contributed by atoms with van der Waals surface area (Å²) in [5.41, 5.74) is 9.06. The zero-order chi connectivity index (χ0) is 27.1. The second-order valence-corrected chi connectivity index (χ2v) is 12.3. The minimum atomic E-state index is -3.90. The number of allylic oxidation sites excluding steroid dienone is 2. The zero-order valence-electron chi connectivity index (χ0n) is 21.3. The highest BCUT2D eigenvalue weighted by atomic mass is 32.2. The summed E-state index contributed by atoms with van der Waals surface area (Å²) < 4.78 is 29.0. The van der Waals surface area contributed by atoms with E-state index in [9.17, 15) is 18.0 Å². The van der Waals surface area contributed by atoms with Crippen LogP contribution in [0.1, 0.15) is 45.1 Å². The van der Waals surface area contributed by atoms with Gasteiger partial charge < -0.3 is 10.5 Å². The van der Waals surface area contributed by atoms with Crippen LogP contribution in [0.25, 0.3) is 0 Å². The molecule has 1 aliphatic carbocycles. The topological polar surface area (TPSA) is 133 Å². The number of hydrogen-bond donors (Lipinski definition) is 2. The van der Waals surface area contributed by atoms with Gasteiger partial charge in [-0.1, -0.05) is 26.0 Å². The molecule has 2 aromatic rings. The van der Waals surface area contributed by atoms with Crippen LogP contribution in [0.5, 0.6) is 0 Å². The Labute approximate surface area is 221 Å². The Morgan fingerprint density at radius 1 is 1.11 bits per heavy atom. The van der Waals surface area contributed by atoms with Crippen molar-refractivity contribution in [1.29, 1.82) is 0 Å². The van der Waals surface area contributed by atoms with Gasteiger partial charge in [-0.3, -0.25) is 9.69 Å². The third-order valence-electron chi connectivity index (χ3n) is 6.63. The fraction of sp³-hybridized carbons (Fsp3) is 0.333. The molecule has 0 aromatic heterocycles. The van der Waals surface area contributed by atoms with Crippen LogP contribution in [-0.4, -0.2) is 33.0 Å². The smallest absolute Gasteiger partial charge is 0.338 e. The molecule has 0 radical (unpaired) electrons. The Morgan fingerprint density at radius 2 is 1.73 bits per heavy atom. The van der Waals surface area contributed by atoms with E-state index in [1.54, 1.807) is 35.7 Å². The molecule has 10 heteroatoms. The van der Waals surface area contributed by atoms with Crippen molar-refractivity contribution in [2.45, 2.75) is 49.3 Å². The maximum Gasteiger partial charge on any atom is 0.338 e. The van der Waals surface area contributed by atoms with Crippen molar-refractivity contribution in [3.8, 4) is 0 Å². The maximum atomic E-state index is 13.7. The highest BCUT2D eigenvalue weighted by Gasteiger charge is 2.46. The normalized spacial score (nSPS) is 19.6. The van der Waals surface area contributed by atoms with Crippen LogP contribution >= 0.6 is 11.8 Å². The molecule has 4 N–H and O–H groups in total. The molecular formula is C27H31N3O5S2. The van der Waals surface area contributed by atoms with Crippen molar-refractivity contribution in [2.24, 2.45) is 16.3 Å². The number of primary sulfonamides is 1. The van der Waals surface area contributed by atoms with E-state index in [1.807, 2.05) is 44.4 Å². The third-order valence-corrected chi connectivity index (χ3v) is 8.30. The fourth-order valence-electron chi connectivity index (χ4n) is 5.03. The fourth-order valence-corrected chi connectivity index (χ4v) is 5.95. The number of carbonyl (C=O) groups is 2. The SMILES string of the molecule is CCOC(=O)C1=C(N)N(c2ccc(S(N)(=O)=O)cc2)C2=C(C(=O)CC(C)(C)C2)[C@H]1c1ccc(SC)cc1. The third kappa shape index (κ3) is 5.18. The van der Waals surface area contributed by atoms with Gasteiger partial charge in [0.1, 0.15) is 5.82 Å². The first-order valence-electron chi connectivity index (χ1n) is 11.9. The van der Waals surface area contributed by atoms with Gasteiger partial charge in [-0.2, -0.15) is 0 Å². The van der Waals surface area contributed by atoms with Gasteiger partial charge in [0.05, 0.1) is 23.0 Å². The average molecular weight is 542 g/mol. The quantitative estimate of drug-likeness (QED) is 0.414. The van der Waals surface area contributed by atoms with Gasteiger partial charge in [0.15, 0.2) is 5.78 Å². The largest absolute Gasteiger partial charge is 0.463 e. The van der Waals surface area contributed by atoms with Crippen molar-refractivity contribution < 1.29 is 22.7 Å². The van der Waals surface area contributed by atoms with Crippen LogP contribution in [0.2, 0.25) is 0 Å². The number of sulfonamides is 1. The van der Waals surface area contributed by atoms with Gasteiger partial charge in [-0.05, 0) is 67.0 Å². The average Bonchev–Trinajstić information content (AvgIpc) is 2.82. The summed E-state index contributed by atoms with van der Waals surface area (Å²) >= 11 is 1.60. The van der Waals surface area contributed by atoms with Gasteiger partial charge >= 0.3 is 5.97 Å². The maximum absolute atomic E-state index is 13.7. The number of nitrogens with zero attached hydrogens (tertiary/aromatic N) is 1. The molecule has 2 aromatic carbocycles. The van der Waals surface area contributed by atoms with Crippen molar-refractivity contribution in [3.63, 3.8) is 0 Å². The number of Topliss-reactive ketones (excluding diaryl/α,β-unsaturated/α-hetero) is 1. The predicted molar refractivity (Wildman–Crippen MR) is 144 cm³/mol. The molecule has 37 heavy (non-hydrogen) atoms. The van der Waals surface area contributed by atoms with E-state index in [0.717, 1.165) is 10.5 Å². The molecule has 4 rings (SSSR count). The molecule has 2 aliphatic rings. The molecule has 0 fully saturated rings. The number of rotatable bonds is 6. The lowest BCUT2D eigenvalue weighted by Gasteiger charge is -2.44. The van der Waals surface area contributed by atoms with Crippen LogP contribution in [0.4, 0.5) is 5.69 Å². The van der Waals surface area contributed by atoms with Gasteiger partial charge in [0, 0.05) is 28.3 Å². The lowest BCUT2D eigenvalue weighted by Crippen LogP contribution is -2.43. The first kappa shape index (κ1) is 27.0. The van der Waals surface area contributed by atoms with Crippen LogP contribution in [-0.2, 0) is 24.3 Å². The molecule has 0 saturated carbocycles. The number of carbonyl (C=O) groups excluding carboxylic acids is 2. The molecule has 8 nitrogen and oxygen atoms in total. The lowest BCUT2D eigenvalue weighted by molar-refractivity contribution is -0.138. The number of hydrogen-bond acceptors (Lipinski definition) is 8. The predicted octanol–water partition coefficient (Wildman–Crippen LogP) is 4.04. The van der Waals surface area contributed by atoms with E-state index in [2.05, 4.69) is 0 Å². The Bertz CT molecular complexity index is 1410. The van der Waals surface area contributed by atoms with Crippen LogP contribution in [0.15, 0.2) is 81.0 Å².